The summed E-state index contributed by atoms with van der Waals surface area (Å²) in [5.74, 6) is 0. The molecule has 4 nitrogen and oxygen atoms in total. The van der Waals surface area contributed by atoms with Crippen molar-refractivity contribution in [1.82, 2.24) is 0 Å². The number of nitrogens with zero attached hydrogens (tertiary/aromatic N) is 1. The molecule has 3 N–H and O–H groups in total. The second kappa shape index (κ2) is 12.2. The van der Waals surface area contributed by atoms with Crippen LogP contribution < -0.4 is 10.2 Å². The molecule has 5 heteroatoms. The Morgan fingerprint density at radius 1 is 0.449 bits per heavy atom. The largest absolute Gasteiger partial charge is 0.441 e. The average molecular weight is 679 g/mol. The summed E-state index contributed by atoms with van der Waals surface area (Å²) in [4.78, 5) is 35.6. The minimum absolute atomic E-state index is 0.00300. The van der Waals surface area contributed by atoms with Gasteiger partial charge in [0.25, 0.3) is 0 Å². The lowest BCUT2D eigenvalue weighted by atomic mass is 9.75. The second-order valence-corrected chi connectivity index (χ2v) is 19.9. The molecule has 0 heterocycles. The van der Waals surface area contributed by atoms with Crippen molar-refractivity contribution in [2.45, 2.75) is 105 Å². The third-order valence-electron chi connectivity index (χ3n) is 9.81. The molecule has 0 aromatic heterocycles. The highest BCUT2D eigenvalue weighted by Crippen LogP contribution is 2.53. The first-order valence-corrected chi connectivity index (χ1v) is 19.0. The molecule has 0 aliphatic carbocycles. The zero-order valence-electron chi connectivity index (χ0n) is 32.2. The van der Waals surface area contributed by atoms with E-state index < -0.39 is 7.94 Å². The maximum absolute atomic E-state index is 11.2. The first-order chi connectivity index (χ1) is 22.3. The van der Waals surface area contributed by atoms with Crippen molar-refractivity contribution in [3.05, 3.63) is 95.1 Å². The Balaban J connectivity index is 2.02. The molecule has 0 bridgehead atoms. The van der Waals surface area contributed by atoms with Crippen LogP contribution in [0.15, 0.2) is 72.8 Å². The number of hydrogen-bond acceptors (Lipinski definition) is 4. The van der Waals surface area contributed by atoms with Crippen molar-refractivity contribution in [3.63, 3.8) is 0 Å². The molecule has 0 spiro atoms. The van der Waals surface area contributed by atoms with Crippen LogP contribution in [0.4, 0.5) is 5.69 Å². The van der Waals surface area contributed by atoms with Gasteiger partial charge in [0.05, 0.1) is 0 Å². The van der Waals surface area contributed by atoms with E-state index in [2.05, 4.69) is 149 Å². The lowest BCUT2D eigenvalue weighted by molar-refractivity contribution is 0.347. The molecule has 0 amide bonds. The number of hydrogen-bond donors (Lipinski definition) is 3. The van der Waals surface area contributed by atoms with E-state index >= 15 is 0 Å². The number of benzene rings is 5. The molecule has 5 aromatic carbocycles. The van der Waals surface area contributed by atoms with Gasteiger partial charge in [0.2, 0.25) is 0 Å². The zero-order chi connectivity index (χ0) is 36.6. The fourth-order valence-electron chi connectivity index (χ4n) is 6.93. The molecule has 0 unspecified atom stereocenters. The SMILES string of the molecule is CN(C)c1ccc([P+](O)(O)O)c(-c2cc3ccc(C(C)(C)C)cc3cc2C(C)(C)C)c1-c1cc2ccc(C(C)(C)C)cc2cc1C(C)(C)C. The molecule has 0 atom stereocenters. The summed E-state index contributed by atoms with van der Waals surface area (Å²) in [5.41, 5.74) is 8.61. The summed E-state index contributed by atoms with van der Waals surface area (Å²) in [7, 11) is -0.435. The van der Waals surface area contributed by atoms with Gasteiger partial charge in [-0.15, -0.1) is 0 Å². The van der Waals surface area contributed by atoms with Crippen molar-refractivity contribution in [3.8, 4) is 22.3 Å². The number of anilines is 1. The van der Waals surface area contributed by atoms with E-state index in [0.29, 0.717) is 5.56 Å². The zero-order valence-corrected chi connectivity index (χ0v) is 33.1. The maximum atomic E-state index is 11.2. The molecule has 0 aliphatic rings. The Morgan fingerprint density at radius 3 is 1.20 bits per heavy atom. The van der Waals surface area contributed by atoms with Crippen LogP contribution in [0.25, 0.3) is 43.8 Å². The molecule has 260 valence electrons. The van der Waals surface area contributed by atoms with Crippen molar-refractivity contribution in [1.29, 1.82) is 0 Å². The minimum atomic E-state index is -4.48. The highest BCUT2D eigenvalue weighted by Gasteiger charge is 2.41. The number of rotatable bonds is 4. The summed E-state index contributed by atoms with van der Waals surface area (Å²) in [6, 6.07) is 26.0. The Bertz CT molecular complexity index is 2060. The van der Waals surface area contributed by atoms with E-state index in [0.717, 1.165) is 49.7 Å². The van der Waals surface area contributed by atoms with Crippen LogP contribution in [0.1, 0.15) is 105 Å². The monoisotopic (exact) mass is 678 g/mol. The Kier molecular flexibility index (Phi) is 9.21. The van der Waals surface area contributed by atoms with E-state index in [1.807, 2.05) is 20.2 Å². The molecule has 49 heavy (non-hydrogen) atoms. The molecule has 0 saturated carbocycles. The molecule has 5 aromatic rings. The predicted molar refractivity (Wildman–Crippen MR) is 215 cm³/mol. The van der Waals surface area contributed by atoms with Crippen molar-refractivity contribution in [2.75, 3.05) is 19.0 Å². The van der Waals surface area contributed by atoms with E-state index in [9.17, 15) is 14.7 Å². The lowest BCUT2D eigenvalue weighted by Gasteiger charge is -2.31. The smallest absolute Gasteiger partial charge is 0.377 e. The second-order valence-electron chi connectivity index (χ2n) is 18.2. The van der Waals surface area contributed by atoms with Crippen molar-refractivity contribution < 1.29 is 14.7 Å². The first-order valence-electron chi connectivity index (χ1n) is 17.4. The summed E-state index contributed by atoms with van der Waals surface area (Å²) in [6.45, 7) is 26.7. The van der Waals surface area contributed by atoms with Gasteiger partial charge in [0, 0.05) is 30.9 Å². The summed E-state index contributed by atoms with van der Waals surface area (Å²) in [5, 5.41) is 4.65. The van der Waals surface area contributed by atoms with Crippen LogP contribution >= 0.6 is 7.94 Å². The standard InChI is InChI=1S/C44H57NO3P/c1-41(2,3)31-17-15-27-23-33(35(43(7,8)9)25-29(27)21-31)39-37(45(13)14)19-20-38(49(46,47)48)40(39)34-24-28-16-18-32(42(4,5)6)22-30(28)26-36(34)44(10,11)12/h15-26,46-48H,1-14H3/q+1. The van der Waals surface area contributed by atoms with Gasteiger partial charge in [0.1, 0.15) is 0 Å². The van der Waals surface area contributed by atoms with Crippen LogP contribution in [0.2, 0.25) is 0 Å². The lowest BCUT2D eigenvalue weighted by Crippen LogP contribution is -2.22. The Labute approximate surface area is 295 Å². The Morgan fingerprint density at radius 2 is 0.857 bits per heavy atom. The van der Waals surface area contributed by atoms with Crippen LogP contribution in [0.5, 0.6) is 0 Å². The molecule has 0 fully saturated rings. The molecule has 0 aliphatic heterocycles. The fourth-order valence-corrected chi connectivity index (χ4v) is 7.74. The third-order valence-corrected chi connectivity index (χ3v) is 10.8. The van der Waals surface area contributed by atoms with E-state index in [-0.39, 0.29) is 27.0 Å². The van der Waals surface area contributed by atoms with Crippen LogP contribution in [-0.2, 0) is 21.7 Å². The fraction of sp³-hybridized carbons (Fsp3) is 0.409. The van der Waals surface area contributed by atoms with E-state index in [1.54, 1.807) is 6.07 Å². The van der Waals surface area contributed by atoms with Gasteiger partial charge in [-0.2, -0.15) is 14.7 Å². The van der Waals surface area contributed by atoms with Gasteiger partial charge < -0.3 is 4.90 Å². The van der Waals surface area contributed by atoms with Gasteiger partial charge in [-0.25, -0.2) is 0 Å². The molecular weight excluding hydrogens is 621 g/mol. The highest BCUT2D eigenvalue weighted by molar-refractivity contribution is 7.67. The molecule has 0 radical (unpaired) electrons. The van der Waals surface area contributed by atoms with Gasteiger partial charge in [0.15, 0.2) is 5.30 Å². The normalized spacial score (nSPS) is 13.4. The minimum Gasteiger partial charge on any atom is -0.377 e. The van der Waals surface area contributed by atoms with Gasteiger partial charge >= 0.3 is 7.94 Å². The van der Waals surface area contributed by atoms with Crippen molar-refractivity contribution >= 4 is 40.5 Å². The van der Waals surface area contributed by atoms with E-state index in [4.69, 9.17) is 0 Å². The third kappa shape index (κ3) is 7.31. The maximum Gasteiger partial charge on any atom is 0.441 e. The predicted octanol–water partition coefficient (Wildman–Crippen LogP) is 10.9. The summed E-state index contributed by atoms with van der Waals surface area (Å²) in [6.07, 6.45) is 0. The Hall–Kier alpha value is -3.27. The topological polar surface area (TPSA) is 63.9 Å². The molecule has 5 rings (SSSR count). The molecule has 0 saturated heterocycles. The van der Waals surface area contributed by atoms with Crippen LogP contribution in [-0.4, -0.2) is 28.8 Å². The van der Waals surface area contributed by atoms with Crippen LogP contribution in [0, 0.1) is 0 Å². The van der Waals surface area contributed by atoms with E-state index in [1.165, 1.54) is 16.5 Å². The van der Waals surface area contributed by atoms with Crippen LogP contribution in [0.3, 0.4) is 0 Å². The first kappa shape index (κ1) is 37.0. The van der Waals surface area contributed by atoms with Crippen molar-refractivity contribution in [2.24, 2.45) is 0 Å². The average Bonchev–Trinajstić information content (AvgIpc) is 2.96. The summed E-state index contributed by atoms with van der Waals surface area (Å²) < 4.78 is 0. The quantitative estimate of drug-likeness (QED) is 0.166. The highest BCUT2D eigenvalue weighted by atomic mass is 31.2. The summed E-state index contributed by atoms with van der Waals surface area (Å²) >= 11 is 0. The number of fused-ring (bicyclic) bond motifs is 2. The molecular formula is C44H57NO3P+. The van der Waals surface area contributed by atoms with Gasteiger partial charge in [-0.05, 0) is 113 Å². The van der Waals surface area contributed by atoms with Gasteiger partial charge in [-0.3, -0.25) is 0 Å². The van der Waals surface area contributed by atoms with Gasteiger partial charge in [-0.1, -0.05) is 119 Å².